The topological polar surface area (TPSA) is 352 Å². The first-order chi connectivity index (χ1) is 30.6. The molecule has 6 amide bonds. The predicted octanol–water partition coefficient (Wildman–Crippen LogP) is 5.56. The number of carbonyl (C=O) groups excluding carboxylic acids is 5. The van der Waals surface area contributed by atoms with Crippen LogP contribution >= 0.6 is 0 Å². The normalized spacial score (nSPS) is 13.9. The van der Waals surface area contributed by atoms with E-state index >= 15 is 0 Å². The van der Waals surface area contributed by atoms with Crippen LogP contribution in [0.1, 0.15) is 31.8 Å². The van der Waals surface area contributed by atoms with Gasteiger partial charge in [-0.3, -0.25) is 27.8 Å². The third-order valence-electron chi connectivity index (χ3n) is 10.2. The third kappa shape index (κ3) is 8.15. The summed E-state index contributed by atoms with van der Waals surface area (Å²) in [6, 6.07) is 13.1. The van der Waals surface area contributed by atoms with Gasteiger partial charge in [0.15, 0.2) is 0 Å². The van der Waals surface area contributed by atoms with Crippen molar-refractivity contribution in [1.82, 2.24) is 0 Å². The van der Waals surface area contributed by atoms with E-state index in [1.165, 1.54) is 38.1 Å². The lowest BCUT2D eigenvalue weighted by Crippen LogP contribution is -2.41. The summed E-state index contributed by atoms with van der Waals surface area (Å²) in [7, 11) is -20.0. The van der Waals surface area contributed by atoms with Crippen LogP contribution in [-0.4, -0.2) is 81.9 Å². The van der Waals surface area contributed by atoms with Crippen LogP contribution in [0, 0.1) is 13.8 Å². The standard InChI is InChI=1S/C39H26N4O19S4/c1-17-3-5-21(11-27(17)35(44)42-29-13-23(63(49,50)51)7-19-9-25(65(55,56)57)15-31(33(19)29)61-38(42)47)40-37(46)41-22-6-4-18(2)28(12-22)36(45)43-30-14-24(64(52,53)54)8-20-10-26(66(58,59)60)16-32(34(20)30)62-39(43)48/h3-16H,1-2H3,(H2,40,41,46)(H,49,50,51)(H,52,53,54)(H,55,56,57)(H,58,59,60). The van der Waals surface area contributed by atoms with E-state index in [0.29, 0.717) is 9.80 Å². The van der Waals surface area contributed by atoms with Crippen LogP contribution in [0.4, 0.5) is 37.1 Å². The molecule has 340 valence electrons. The largest absolute Gasteiger partial charge is 0.427 e. The molecule has 2 aliphatic rings. The number of benzene rings is 6. The number of hydrogen-bond donors (Lipinski definition) is 6. The van der Waals surface area contributed by atoms with Crippen molar-refractivity contribution in [3.8, 4) is 11.5 Å². The van der Waals surface area contributed by atoms with E-state index in [-0.39, 0.29) is 55.2 Å². The summed E-state index contributed by atoms with van der Waals surface area (Å²) in [5.74, 6) is -3.23. The molecule has 6 N–H and O–H groups in total. The minimum atomic E-state index is -5.05. The minimum absolute atomic E-state index is 0.0696. The van der Waals surface area contributed by atoms with Crippen LogP contribution < -0.4 is 29.9 Å². The molecule has 0 saturated heterocycles. The van der Waals surface area contributed by atoms with Gasteiger partial charge in [-0.2, -0.15) is 33.7 Å². The molecule has 27 heteroatoms. The summed E-state index contributed by atoms with van der Waals surface area (Å²) in [4.78, 5) is 65.9. The molecule has 6 aromatic rings. The Labute approximate surface area is 371 Å². The number of imide groups is 2. The molecule has 0 saturated carbocycles. The van der Waals surface area contributed by atoms with Crippen molar-refractivity contribution < 1.29 is 85.3 Å². The van der Waals surface area contributed by atoms with Gasteiger partial charge in [0.1, 0.15) is 11.5 Å². The fourth-order valence-corrected chi connectivity index (χ4v) is 9.30. The number of aryl methyl sites for hydroxylation is 2. The highest BCUT2D eigenvalue weighted by Crippen LogP contribution is 2.45. The molecule has 0 atom stereocenters. The smallest absolute Gasteiger partial charge is 0.409 e. The number of anilines is 4. The van der Waals surface area contributed by atoms with E-state index in [4.69, 9.17) is 9.47 Å². The summed E-state index contributed by atoms with van der Waals surface area (Å²) in [6.07, 6.45) is -2.89. The number of nitrogens with zero attached hydrogens (tertiary/aromatic N) is 2. The average Bonchev–Trinajstić information content (AvgIpc) is 3.20. The summed E-state index contributed by atoms with van der Waals surface area (Å²) < 4.78 is 146. The van der Waals surface area contributed by atoms with Crippen molar-refractivity contribution in [2.75, 3.05) is 20.4 Å². The maximum absolute atomic E-state index is 14.1. The van der Waals surface area contributed by atoms with Gasteiger partial charge < -0.3 is 20.1 Å². The van der Waals surface area contributed by atoms with Crippen LogP contribution in [0.2, 0.25) is 0 Å². The number of ether oxygens (including phenoxy) is 2. The van der Waals surface area contributed by atoms with Crippen LogP contribution in [-0.2, 0) is 40.5 Å². The molecule has 2 aliphatic heterocycles. The van der Waals surface area contributed by atoms with E-state index in [1.54, 1.807) is 0 Å². The van der Waals surface area contributed by atoms with Crippen molar-refractivity contribution in [2.45, 2.75) is 33.4 Å². The zero-order valence-electron chi connectivity index (χ0n) is 33.0. The Hall–Kier alpha value is -7.37. The molecule has 8 rings (SSSR count). The molecule has 2 heterocycles. The van der Waals surface area contributed by atoms with Crippen molar-refractivity contribution in [1.29, 1.82) is 0 Å². The highest BCUT2D eigenvalue weighted by molar-refractivity contribution is 7.86. The molecule has 6 aromatic carbocycles. The summed E-state index contributed by atoms with van der Waals surface area (Å²) in [5.41, 5.74) is -1.13. The summed E-state index contributed by atoms with van der Waals surface area (Å²) in [6.45, 7) is 2.90. The average molecular weight is 983 g/mol. The van der Waals surface area contributed by atoms with Gasteiger partial charge in [-0.1, -0.05) is 12.1 Å². The van der Waals surface area contributed by atoms with Crippen molar-refractivity contribution in [3.63, 3.8) is 0 Å². The maximum atomic E-state index is 14.1. The Morgan fingerprint density at radius 1 is 0.485 bits per heavy atom. The fourth-order valence-electron chi connectivity index (χ4n) is 7.17. The van der Waals surface area contributed by atoms with Crippen LogP contribution in [0.25, 0.3) is 21.5 Å². The lowest BCUT2D eigenvalue weighted by Gasteiger charge is -2.28. The number of amides is 6. The molecule has 66 heavy (non-hydrogen) atoms. The van der Waals surface area contributed by atoms with Gasteiger partial charge >= 0.3 is 18.2 Å². The first kappa shape index (κ1) is 45.2. The van der Waals surface area contributed by atoms with E-state index in [9.17, 15) is 75.9 Å². The first-order valence-electron chi connectivity index (χ1n) is 18.2. The fraction of sp³-hybridized carbons (Fsp3) is 0.0513. The quantitative estimate of drug-likeness (QED) is 0.102. The number of rotatable bonds is 8. The lowest BCUT2D eigenvalue weighted by molar-refractivity contribution is 0.0973. The van der Waals surface area contributed by atoms with Gasteiger partial charge in [0.2, 0.25) is 0 Å². The van der Waals surface area contributed by atoms with Gasteiger partial charge in [0.05, 0.1) is 31.0 Å². The zero-order chi connectivity index (χ0) is 48.2. The number of carbonyl (C=O) groups is 5. The number of urea groups is 1. The molecule has 0 unspecified atom stereocenters. The first-order valence-corrected chi connectivity index (χ1v) is 23.9. The third-order valence-corrected chi connectivity index (χ3v) is 13.5. The molecular formula is C39H26N4O19S4. The monoisotopic (exact) mass is 982 g/mol. The summed E-state index contributed by atoms with van der Waals surface area (Å²) >= 11 is 0. The van der Waals surface area contributed by atoms with Gasteiger partial charge in [-0.15, -0.1) is 0 Å². The highest BCUT2D eigenvalue weighted by atomic mass is 32.2. The SMILES string of the molecule is Cc1ccc(NC(=O)Nc2ccc(C)c(C(=O)N3C(=O)Oc4cc(S(=O)(=O)O)cc5cc(S(=O)(=O)O)cc3c45)c2)cc1C(=O)N1C(=O)Oc2cc(S(=O)(=O)O)cc3cc(S(=O)(=O)O)cc1c23. The lowest BCUT2D eigenvalue weighted by atomic mass is 10.0. The molecule has 23 nitrogen and oxygen atoms in total. The van der Waals surface area contributed by atoms with Gasteiger partial charge in [-0.05, 0) is 96.4 Å². The predicted molar refractivity (Wildman–Crippen MR) is 228 cm³/mol. The van der Waals surface area contributed by atoms with Crippen LogP contribution in [0.3, 0.4) is 0 Å². The van der Waals surface area contributed by atoms with E-state index < -0.39 is 113 Å². The molecule has 0 bridgehead atoms. The molecule has 0 aliphatic carbocycles. The Morgan fingerprint density at radius 2 is 0.803 bits per heavy atom. The van der Waals surface area contributed by atoms with Crippen molar-refractivity contribution in [2.24, 2.45) is 0 Å². The van der Waals surface area contributed by atoms with Crippen molar-refractivity contribution in [3.05, 3.63) is 107 Å². The Bertz CT molecular complexity index is 3490. The van der Waals surface area contributed by atoms with E-state index in [0.717, 1.165) is 60.7 Å². The molecular weight excluding hydrogens is 957 g/mol. The number of nitrogens with one attached hydrogen (secondary N) is 2. The maximum Gasteiger partial charge on any atom is 0.427 e. The summed E-state index contributed by atoms with van der Waals surface area (Å²) in [5, 5.41) is 4.07. The Morgan fingerprint density at radius 3 is 1.12 bits per heavy atom. The second-order valence-corrected chi connectivity index (χ2v) is 20.2. The zero-order valence-corrected chi connectivity index (χ0v) is 36.3. The molecule has 0 spiro atoms. The van der Waals surface area contributed by atoms with E-state index in [1.807, 2.05) is 0 Å². The van der Waals surface area contributed by atoms with Gasteiger partial charge in [0.25, 0.3) is 52.3 Å². The van der Waals surface area contributed by atoms with Gasteiger partial charge in [0, 0.05) is 45.4 Å². The highest BCUT2D eigenvalue weighted by Gasteiger charge is 2.38. The van der Waals surface area contributed by atoms with Crippen molar-refractivity contribution >= 4 is 115 Å². The van der Waals surface area contributed by atoms with Gasteiger partial charge in [-0.25, -0.2) is 24.2 Å². The Balaban J connectivity index is 1.09. The second-order valence-electron chi connectivity index (χ2n) is 14.5. The number of hydrogen-bond acceptors (Lipinski definition) is 15. The second kappa shape index (κ2) is 15.4. The van der Waals surface area contributed by atoms with E-state index in [2.05, 4.69) is 10.6 Å². The van der Waals surface area contributed by atoms with Crippen LogP contribution in [0.15, 0.2) is 105 Å². The molecule has 0 radical (unpaired) electrons. The molecule has 0 aromatic heterocycles. The van der Waals surface area contributed by atoms with Crippen LogP contribution in [0.5, 0.6) is 11.5 Å². The minimum Gasteiger partial charge on any atom is -0.409 e. The molecule has 0 fully saturated rings. The Kier molecular flexibility index (Phi) is 10.5.